The second-order valence-corrected chi connectivity index (χ2v) is 7.84. The molecule has 1 amide bonds. The summed E-state index contributed by atoms with van der Waals surface area (Å²) in [6, 6.07) is 16.6. The zero-order valence-corrected chi connectivity index (χ0v) is 16.9. The highest BCUT2D eigenvalue weighted by atomic mass is 35.5. The molecule has 1 saturated heterocycles. The Balaban J connectivity index is 1.59. The van der Waals surface area contributed by atoms with Crippen molar-refractivity contribution in [2.24, 2.45) is 5.92 Å². The Kier molecular flexibility index (Phi) is 5.74. The summed E-state index contributed by atoms with van der Waals surface area (Å²) in [7, 11) is 1.65. The van der Waals surface area contributed by atoms with E-state index in [0.29, 0.717) is 13.2 Å². The van der Waals surface area contributed by atoms with E-state index < -0.39 is 0 Å². The Hall–Kier alpha value is -2.24. The van der Waals surface area contributed by atoms with Gasteiger partial charge in [-0.1, -0.05) is 29.8 Å². The number of amides is 1. The molecule has 0 aromatic heterocycles. The van der Waals surface area contributed by atoms with Crippen molar-refractivity contribution >= 4 is 28.9 Å². The minimum absolute atomic E-state index is 0.0816. The second-order valence-electron chi connectivity index (χ2n) is 7.41. The number of nitrogens with zero attached hydrogens (tertiary/aromatic N) is 2. The minimum Gasteiger partial charge on any atom is -0.383 e. The maximum atomic E-state index is 13.0. The van der Waals surface area contributed by atoms with Crippen molar-refractivity contribution in [1.82, 2.24) is 5.32 Å². The third kappa shape index (κ3) is 3.82. The van der Waals surface area contributed by atoms with E-state index in [1.54, 1.807) is 7.11 Å². The maximum absolute atomic E-state index is 13.0. The molecule has 2 aliphatic heterocycles. The Labute approximate surface area is 171 Å². The molecule has 2 aliphatic rings. The van der Waals surface area contributed by atoms with E-state index in [0.717, 1.165) is 36.8 Å². The smallest absolute Gasteiger partial charge is 0.225 e. The molecule has 0 bridgehead atoms. The third-order valence-electron chi connectivity index (χ3n) is 5.76. The number of carbonyl (C=O) groups excluding carboxylic acids is 1. The van der Waals surface area contributed by atoms with E-state index in [9.17, 15) is 4.79 Å². The number of carbonyl (C=O) groups is 1. The van der Waals surface area contributed by atoms with Gasteiger partial charge in [0.2, 0.25) is 5.91 Å². The van der Waals surface area contributed by atoms with Crippen LogP contribution in [-0.2, 0) is 16.0 Å². The van der Waals surface area contributed by atoms with E-state index >= 15 is 0 Å². The van der Waals surface area contributed by atoms with E-state index in [-0.39, 0.29) is 17.9 Å². The SMILES string of the molecule is COCCNC(=O)[C@@H]1Cc2ccccc2N2CCN(c3ccc(Cl)cc3)C[C@H]12. The van der Waals surface area contributed by atoms with Gasteiger partial charge in [0.25, 0.3) is 0 Å². The van der Waals surface area contributed by atoms with Crippen molar-refractivity contribution in [1.29, 1.82) is 0 Å². The summed E-state index contributed by atoms with van der Waals surface area (Å²) in [5.74, 6) is 0.0290. The highest BCUT2D eigenvalue weighted by molar-refractivity contribution is 6.30. The van der Waals surface area contributed by atoms with Crippen LogP contribution in [0.4, 0.5) is 11.4 Å². The Morgan fingerprint density at radius 2 is 1.96 bits per heavy atom. The summed E-state index contributed by atoms with van der Waals surface area (Å²) < 4.78 is 5.08. The predicted octanol–water partition coefficient (Wildman–Crippen LogP) is 2.97. The van der Waals surface area contributed by atoms with Gasteiger partial charge in [-0.2, -0.15) is 0 Å². The summed E-state index contributed by atoms with van der Waals surface area (Å²) >= 11 is 6.05. The lowest BCUT2D eigenvalue weighted by Gasteiger charge is -2.49. The molecular weight excluding hydrogens is 374 g/mol. The Morgan fingerprint density at radius 3 is 2.75 bits per heavy atom. The molecule has 0 saturated carbocycles. The van der Waals surface area contributed by atoms with E-state index in [1.807, 2.05) is 12.1 Å². The molecule has 2 aromatic rings. The van der Waals surface area contributed by atoms with Crippen molar-refractivity contribution in [3.8, 4) is 0 Å². The Morgan fingerprint density at radius 1 is 1.18 bits per heavy atom. The number of hydrogen-bond acceptors (Lipinski definition) is 4. The van der Waals surface area contributed by atoms with E-state index in [2.05, 4.69) is 51.5 Å². The summed E-state index contributed by atoms with van der Waals surface area (Å²) in [5.41, 5.74) is 3.68. The van der Waals surface area contributed by atoms with Gasteiger partial charge < -0.3 is 19.9 Å². The molecule has 6 heteroatoms. The predicted molar refractivity (Wildman–Crippen MR) is 113 cm³/mol. The van der Waals surface area contributed by atoms with Crippen LogP contribution in [0.2, 0.25) is 5.02 Å². The zero-order valence-electron chi connectivity index (χ0n) is 16.1. The molecule has 2 atom stereocenters. The lowest BCUT2D eigenvalue weighted by molar-refractivity contribution is -0.126. The number of fused-ring (bicyclic) bond motifs is 3. The first-order chi connectivity index (χ1) is 13.7. The van der Waals surface area contributed by atoms with Gasteiger partial charge in [-0.25, -0.2) is 0 Å². The van der Waals surface area contributed by atoms with Crippen LogP contribution in [0.1, 0.15) is 5.56 Å². The number of halogens is 1. The maximum Gasteiger partial charge on any atom is 0.225 e. The first kappa shape index (κ1) is 19.1. The molecule has 5 nitrogen and oxygen atoms in total. The van der Waals surface area contributed by atoms with Crippen LogP contribution in [0.15, 0.2) is 48.5 Å². The molecule has 4 rings (SSSR count). The normalized spacial score (nSPS) is 21.1. The number of anilines is 2. The largest absolute Gasteiger partial charge is 0.383 e. The number of benzene rings is 2. The van der Waals surface area contributed by atoms with Crippen molar-refractivity contribution in [3.63, 3.8) is 0 Å². The zero-order chi connectivity index (χ0) is 19.5. The highest BCUT2D eigenvalue weighted by Gasteiger charge is 2.41. The first-order valence-corrected chi connectivity index (χ1v) is 10.2. The number of nitrogens with one attached hydrogen (secondary N) is 1. The fourth-order valence-electron chi connectivity index (χ4n) is 4.35. The molecule has 28 heavy (non-hydrogen) atoms. The molecule has 0 spiro atoms. The molecule has 0 radical (unpaired) electrons. The molecule has 1 N–H and O–H groups in total. The van der Waals surface area contributed by atoms with Gasteiger partial charge in [0.15, 0.2) is 0 Å². The number of methoxy groups -OCH3 is 1. The first-order valence-electron chi connectivity index (χ1n) is 9.79. The summed E-state index contributed by atoms with van der Waals surface area (Å²) in [5, 5.41) is 3.79. The van der Waals surface area contributed by atoms with Crippen LogP contribution in [0, 0.1) is 5.92 Å². The third-order valence-corrected chi connectivity index (χ3v) is 6.01. The number of piperazine rings is 1. The van der Waals surface area contributed by atoms with Gasteiger partial charge in [-0.15, -0.1) is 0 Å². The van der Waals surface area contributed by atoms with Crippen molar-refractivity contribution in [2.45, 2.75) is 12.5 Å². The van der Waals surface area contributed by atoms with Gasteiger partial charge >= 0.3 is 0 Å². The molecule has 2 aromatic carbocycles. The molecule has 0 aliphatic carbocycles. The number of para-hydroxylation sites is 1. The van der Waals surface area contributed by atoms with E-state index in [1.165, 1.54) is 11.3 Å². The van der Waals surface area contributed by atoms with Crippen LogP contribution in [-0.4, -0.2) is 51.8 Å². The second kappa shape index (κ2) is 8.41. The molecule has 2 heterocycles. The topological polar surface area (TPSA) is 44.8 Å². The van der Waals surface area contributed by atoms with Crippen LogP contribution in [0.25, 0.3) is 0 Å². The van der Waals surface area contributed by atoms with Crippen LogP contribution >= 0.6 is 11.6 Å². The lowest BCUT2D eigenvalue weighted by Crippen LogP contribution is -2.61. The minimum atomic E-state index is -0.0816. The van der Waals surface area contributed by atoms with Crippen LogP contribution in [0.5, 0.6) is 0 Å². The summed E-state index contributed by atoms with van der Waals surface area (Å²) in [4.78, 5) is 17.8. The van der Waals surface area contributed by atoms with Gasteiger partial charge in [-0.05, 0) is 42.3 Å². The van der Waals surface area contributed by atoms with Crippen LogP contribution in [0.3, 0.4) is 0 Å². The monoisotopic (exact) mass is 399 g/mol. The summed E-state index contributed by atoms with van der Waals surface area (Å²) in [6.45, 7) is 3.70. The molecule has 148 valence electrons. The molecule has 1 fully saturated rings. The summed E-state index contributed by atoms with van der Waals surface area (Å²) in [6.07, 6.45) is 0.768. The molecular formula is C22H26ClN3O2. The molecule has 0 unspecified atom stereocenters. The highest BCUT2D eigenvalue weighted by Crippen LogP contribution is 2.37. The fourth-order valence-corrected chi connectivity index (χ4v) is 4.48. The van der Waals surface area contributed by atoms with Crippen molar-refractivity contribution in [3.05, 3.63) is 59.1 Å². The number of rotatable bonds is 5. The van der Waals surface area contributed by atoms with Crippen LogP contribution < -0.4 is 15.1 Å². The van der Waals surface area contributed by atoms with Gasteiger partial charge in [-0.3, -0.25) is 4.79 Å². The van der Waals surface area contributed by atoms with Gasteiger partial charge in [0.1, 0.15) is 0 Å². The lowest BCUT2D eigenvalue weighted by atomic mass is 9.83. The quantitative estimate of drug-likeness (QED) is 0.785. The van der Waals surface area contributed by atoms with Crippen molar-refractivity contribution < 1.29 is 9.53 Å². The van der Waals surface area contributed by atoms with Crippen molar-refractivity contribution in [2.75, 3.05) is 49.7 Å². The van der Waals surface area contributed by atoms with Gasteiger partial charge in [0, 0.05) is 49.7 Å². The number of ether oxygens (including phenoxy) is 1. The number of hydrogen-bond donors (Lipinski definition) is 1. The average molecular weight is 400 g/mol. The van der Waals surface area contributed by atoms with Gasteiger partial charge in [0.05, 0.1) is 18.6 Å². The standard InChI is InChI=1S/C22H26ClN3O2/c1-28-13-10-24-22(27)19-14-16-4-2-3-5-20(16)26-12-11-25(15-21(19)26)18-8-6-17(23)7-9-18/h2-9,19,21H,10-15H2,1H3,(H,24,27)/t19-,21-/m1/s1. The van der Waals surface area contributed by atoms with E-state index in [4.69, 9.17) is 16.3 Å². The average Bonchev–Trinajstić information content (AvgIpc) is 2.73. The Bertz CT molecular complexity index is 827. The fraction of sp³-hybridized carbons (Fsp3) is 0.409.